The fraction of sp³-hybridized carbons (Fsp3) is 0.200. The van der Waals surface area contributed by atoms with Crippen molar-refractivity contribution in [1.82, 2.24) is 9.71 Å². The van der Waals surface area contributed by atoms with Crippen molar-refractivity contribution >= 4 is 38.0 Å². The Balaban J connectivity index is 1.38. The minimum atomic E-state index is -2.98. The molecule has 0 radical (unpaired) electrons. The highest BCUT2D eigenvalue weighted by Crippen LogP contribution is 2.30. The molecule has 0 fully saturated rings. The number of sulfone groups is 1. The van der Waals surface area contributed by atoms with E-state index in [-0.39, 0.29) is 18.2 Å². The van der Waals surface area contributed by atoms with Gasteiger partial charge in [-0.2, -0.15) is 4.73 Å². The van der Waals surface area contributed by atoms with Gasteiger partial charge in [0, 0.05) is 29.4 Å². The van der Waals surface area contributed by atoms with Crippen molar-refractivity contribution in [3.05, 3.63) is 107 Å². The summed E-state index contributed by atoms with van der Waals surface area (Å²) in [5.41, 5.74) is 2.83. The van der Waals surface area contributed by atoms with Crippen LogP contribution in [0.1, 0.15) is 24.2 Å². The first-order chi connectivity index (χ1) is 19.6. The minimum Gasteiger partial charge on any atom is -0.487 e. The number of fused-ring (bicyclic) bond motifs is 1. The highest BCUT2D eigenvalue weighted by molar-refractivity contribution is 7.90. The number of aryl methyl sites for hydroxylation is 1. The Kier molecular flexibility index (Phi) is 8.41. The molecule has 11 heteroatoms. The van der Waals surface area contributed by atoms with Gasteiger partial charge < -0.3 is 14.4 Å². The molecule has 0 amide bonds. The molecular formula is C30H27ClFN3O5S. The number of nitrogens with zero attached hydrogens (tertiary/aromatic N) is 3. The maximum absolute atomic E-state index is 13.4. The zero-order valence-electron chi connectivity index (χ0n) is 22.1. The highest BCUT2D eigenvalue weighted by atomic mass is 35.5. The van der Waals surface area contributed by atoms with Crippen molar-refractivity contribution in [3.8, 4) is 17.1 Å². The predicted octanol–water partition coefficient (Wildman–Crippen LogP) is 6.50. The summed E-state index contributed by atoms with van der Waals surface area (Å²) in [5, 5.41) is 11.3. The summed E-state index contributed by atoms with van der Waals surface area (Å²) >= 11 is 6.45. The summed E-state index contributed by atoms with van der Waals surface area (Å²) in [7, 11) is -2.98. The molecule has 0 spiro atoms. The molecule has 1 N–H and O–H groups in total. The highest BCUT2D eigenvalue weighted by Gasteiger charge is 2.11. The van der Waals surface area contributed by atoms with Crippen LogP contribution in [0.4, 0.5) is 10.1 Å². The molecule has 0 aliphatic carbocycles. The van der Waals surface area contributed by atoms with E-state index in [1.54, 1.807) is 36.4 Å². The van der Waals surface area contributed by atoms with Gasteiger partial charge in [-0.05, 0) is 79.1 Å². The second kappa shape index (κ2) is 12.2. The van der Waals surface area contributed by atoms with Crippen LogP contribution in [-0.4, -0.2) is 35.3 Å². The van der Waals surface area contributed by atoms with Gasteiger partial charge in [-0.25, -0.2) is 22.8 Å². The van der Waals surface area contributed by atoms with Gasteiger partial charge in [0.05, 0.1) is 16.2 Å². The SMILES string of the molecule is CS(=O)(=O)CCCCc1ccc(-c2ccc3c(c2)c(=Nc2ccc(OCc4cccc(F)c4)c(Cl)c2)ncn3O)o1. The fourth-order valence-corrected chi connectivity index (χ4v) is 5.27. The molecule has 2 heterocycles. The van der Waals surface area contributed by atoms with Crippen molar-refractivity contribution < 1.29 is 27.2 Å². The number of aromatic nitrogens is 2. The van der Waals surface area contributed by atoms with Crippen LogP contribution in [0.15, 0.2) is 88.5 Å². The standard InChI is InChI=1S/C30H27ClFN3O5S/c1-41(37,38)14-3-2-7-24-10-13-28(40-24)21-8-11-27-25(16-21)30(33-19-35(27)36)34-23-9-12-29(26(31)17-23)39-18-20-5-4-6-22(32)15-20/h4-6,8-13,15-17,19,36H,2-3,7,14,18H2,1H3. The van der Waals surface area contributed by atoms with Crippen LogP contribution in [0.25, 0.3) is 22.2 Å². The third-order valence-corrected chi connectivity index (χ3v) is 7.67. The number of hydrogen-bond donors (Lipinski definition) is 1. The Morgan fingerprint density at radius 2 is 1.93 bits per heavy atom. The monoisotopic (exact) mass is 595 g/mol. The molecule has 8 nitrogen and oxygen atoms in total. The van der Waals surface area contributed by atoms with Crippen LogP contribution in [0, 0.1) is 5.82 Å². The van der Waals surface area contributed by atoms with Crippen molar-refractivity contribution in [1.29, 1.82) is 0 Å². The third-order valence-electron chi connectivity index (χ3n) is 6.34. The van der Waals surface area contributed by atoms with Crippen LogP contribution in [0.5, 0.6) is 5.75 Å². The van der Waals surface area contributed by atoms with Crippen molar-refractivity contribution in [2.75, 3.05) is 12.0 Å². The van der Waals surface area contributed by atoms with Gasteiger partial charge in [-0.1, -0.05) is 23.7 Å². The number of rotatable bonds is 10. The van der Waals surface area contributed by atoms with Crippen LogP contribution in [-0.2, 0) is 22.9 Å². The molecule has 0 saturated carbocycles. The average Bonchev–Trinajstić information content (AvgIpc) is 3.41. The Bertz CT molecular complexity index is 1890. The second-order valence-corrected chi connectivity index (χ2v) is 12.3. The van der Waals surface area contributed by atoms with E-state index < -0.39 is 9.84 Å². The van der Waals surface area contributed by atoms with Crippen LogP contribution in [0.3, 0.4) is 0 Å². The van der Waals surface area contributed by atoms with Crippen LogP contribution < -0.4 is 10.2 Å². The van der Waals surface area contributed by atoms with Gasteiger partial charge in [0.1, 0.15) is 45.9 Å². The minimum absolute atomic E-state index is 0.154. The van der Waals surface area contributed by atoms with Crippen LogP contribution in [0.2, 0.25) is 5.02 Å². The molecule has 0 saturated heterocycles. The Morgan fingerprint density at radius 1 is 1.07 bits per heavy atom. The lowest BCUT2D eigenvalue weighted by molar-refractivity contribution is 0.194. The molecule has 5 rings (SSSR count). The molecule has 0 unspecified atom stereocenters. The first kappa shape index (κ1) is 28.4. The van der Waals surface area contributed by atoms with E-state index in [1.807, 2.05) is 24.3 Å². The zero-order valence-corrected chi connectivity index (χ0v) is 23.7. The molecule has 0 bridgehead atoms. The van der Waals surface area contributed by atoms with Gasteiger partial charge in [-0.15, -0.1) is 0 Å². The number of halogens is 2. The smallest absolute Gasteiger partial charge is 0.163 e. The molecule has 5 aromatic rings. The van der Waals surface area contributed by atoms with E-state index in [1.165, 1.54) is 24.7 Å². The summed E-state index contributed by atoms with van der Waals surface area (Å²) in [6, 6.07) is 20.3. The maximum Gasteiger partial charge on any atom is 0.163 e. The summed E-state index contributed by atoms with van der Waals surface area (Å²) in [6.45, 7) is 0.160. The number of ether oxygens (including phenoxy) is 1. The molecular weight excluding hydrogens is 569 g/mol. The number of hydrogen-bond acceptors (Lipinski definition) is 7. The van der Waals surface area contributed by atoms with Crippen LogP contribution >= 0.6 is 11.6 Å². The van der Waals surface area contributed by atoms with E-state index >= 15 is 0 Å². The average molecular weight is 596 g/mol. The van der Waals surface area contributed by atoms with Gasteiger partial charge in [-0.3, -0.25) is 0 Å². The van der Waals surface area contributed by atoms with Gasteiger partial charge >= 0.3 is 0 Å². The van der Waals surface area contributed by atoms with Gasteiger partial charge in [0.15, 0.2) is 5.49 Å². The van der Waals surface area contributed by atoms with E-state index in [9.17, 15) is 18.0 Å². The lowest BCUT2D eigenvalue weighted by Crippen LogP contribution is -2.12. The number of furan rings is 1. The maximum atomic E-state index is 13.4. The largest absolute Gasteiger partial charge is 0.487 e. The molecule has 0 aliphatic rings. The van der Waals surface area contributed by atoms with Crippen molar-refractivity contribution in [2.45, 2.75) is 25.9 Å². The zero-order chi connectivity index (χ0) is 29.0. The van der Waals surface area contributed by atoms with Gasteiger partial charge in [0.25, 0.3) is 0 Å². The summed E-state index contributed by atoms with van der Waals surface area (Å²) < 4.78 is 48.8. The molecule has 212 valence electrons. The summed E-state index contributed by atoms with van der Waals surface area (Å²) in [4.78, 5) is 8.95. The quantitative estimate of drug-likeness (QED) is 0.146. The molecule has 2 aromatic heterocycles. The Labute approximate surface area is 241 Å². The number of benzene rings is 3. The topological polar surface area (TPSA) is 107 Å². The van der Waals surface area contributed by atoms with E-state index in [0.717, 1.165) is 16.1 Å². The lowest BCUT2D eigenvalue weighted by Gasteiger charge is -2.09. The summed E-state index contributed by atoms with van der Waals surface area (Å²) in [5.74, 6) is 1.64. The molecule has 0 aliphatic heterocycles. The second-order valence-electron chi connectivity index (χ2n) is 9.64. The lowest BCUT2D eigenvalue weighted by atomic mass is 10.1. The Morgan fingerprint density at radius 3 is 2.71 bits per heavy atom. The van der Waals surface area contributed by atoms with E-state index in [4.69, 9.17) is 20.8 Å². The predicted molar refractivity (Wildman–Crippen MR) is 155 cm³/mol. The van der Waals surface area contributed by atoms with E-state index in [0.29, 0.717) is 63.4 Å². The molecule has 0 atom stereocenters. The summed E-state index contributed by atoms with van der Waals surface area (Å²) in [6.07, 6.45) is 4.40. The van der Waals surface area contributed by atoms with Crippen molar-refractivity contribution in [2.24, 2.45) is 4.99 Å². The first-order valence-electron chi connectivity index (χ1n) is 12.8. The number of unbranched alkanes of at least 4 members (excludes halogenated alkanes) is 1. The van der Waals surface area contributed by atoms with Crippen molar-refractivity contribution in [3.63, 3.8) is 0 Å². The van der Waals surface area contributed by atoms with E-state index in [2.05, 4.69) is 9.98 Å². The first-order valence-corrected chi connectivity index (χ1v) is 15.3. The fourth-order valence-electron chi connectivity index (χ4n) is 4.32. The molecule has 41 heavy (non-hydrogen) atoms. The Hall–Kier alpha value is -4.15. The third kappa shape index (κ3) is 7.33. The van der Waals surface area contributed by atoms with Gasteiger partial charge in [0.2, 0.25) is 0 Å². The normalized spacial score (nSPS) is 12.2. The molecule has 3 aromatic carbocycles.